The molecule has 4 aromatic rings. The largest absolute Gasteiger partial charge is 0.493 e. The van der Waals surface area contributed by atoms with Crippen LogP contribution in [0.1, 0.15) is 27.1 Å². The van der Waals surface area contributed by atoms with E-state index >= 15 is 0 Å². The van der Waals surface area contributed by atoms with Gasteiger partial charge in [-0.25, -0.2) is 0 Å². The van der Waals surface area contributed by atoms with Crippen LogP contribution in [0.2, 0.25) is 0 Å². The van der Waals surface area contributed by atoms with Gasteiger partial charge in [-0.05, 0) is 43.8 Å². The number of amides is 2. The molecule has 3 aromatic carbocycles. The number of rotatable bonds is 7. The van der Waals surface area contributed by atoms with Crippen LogP contribution in [0.25, 0.3) is 32.9 Å². The first-order valence-electron chi connectivity index (χ1n) is 11.3. The van der Waals surface area contributed by atoms with Crippen molar-refractivity contribution in [1.82, 2.24) is 14.8 Å². The normalized spacial score (nSPS) is 13.1. The number of aromatic nitrogens is 1. The molecule has 1 aliphatic heterocycles. The lowest BCUT2D eigenvalue weighted by Gasteiger charge is -2.13. The van der Waals surface area contributed by atoms with Crippen molar-refractivity contribution in [1.29, 1.82) is 0 Å². The molecule has 0 aliphatic carbocycles. The first-order valence-corrected chi connectivity index (χ1v) is 11.3. The Balaban J connectivity index is 1.74. The van der Waals surface area contributed by atoms with Crippen LogP contribution >= 0.6 is 0 Å². The van der Waals surface area contributed by atoms with Crippen molar-refractivity contribution in [2.75, 3.05) is 34.4 Å². The molecule has 0 fully saturated rings. The van der Waals surface area contributed by atoms with E-state index in [2.05, 4.69) is 10.2 Å². The van der Waals surface area contributed by atoms with E-state index in [0.717, 1.165) is 45.9 Å². The monoisotopic (exact) mass is 457 g/mol. The number of carbonyl (C=O) groups is 2. The van der Waals surface area contributed by atoms with E-state index in [0.29, 0.717) is 29.2 Å². The Morgan fingerprint density at radius 3 is 2.38 bits per heavy atom. The summed E-state index contributed by atoms with van der Waals surface area (Å²) in [4.78, 5) is 27.9. The molecule has 1 aliphatic rings. The maximum atomic E-state index is 13.0. The number of benzene rings is 3. The molecule has 1 N–H and O–H groups in total. The zero-order chi connectivity index (χ0) is 24.0. The molecular weight excluding hydrogens is 430 g/mol. The van der Waals surface area contributed by atoms with Gasteiger partial charge in [-0.2, -0.15) is 0 Å². The predicted octanol–water partition coefficient (Wildman–Crippen LogP) is 4.22. The van der Waals surface area contributed by atoms with Crippen LogP contribution in [0.5, 0.6) is 11.5 Å². The molecule has 0 atom stereocenters. The Morgan fingerprint density at radius 2 is 1.68 bits per heavy atom. The summed E-state index contributed by atoms with van der Waals surface area (Å²) >= 11 is 0. The second-order valence-electron chi connectivity index (χ2n) is 8.80. The molecule has 0 saturated carbocycles. The van der Waals surface area contributed by atoms with Gasteiger partial charge in [-0.3, -0.25) is 14.9 Å². The zero-order valence-electron chi connectivity index (χ0n) is 19.8. The fraction of sp³-hybridized carbons (Fsp3) is 0.259. The number of methoxy groups -OCH3 is 1. The van der Waals surface area contributed by atoms with E-state index < -0.39 is 0 Å². The minimum Gasteiger partial charge on any atom is -0.493 e. The highest BCUT2D eigenvalue weighted by Crippen LogP contribution is 2.43. The number of fused-ring (bicyclic) bond motifs is 5. The van der Waals surface area contributed by atoms with Crippen molar-refractivity contribution in [2.45, 2.75) is 6.42 Å². The number of carbonyl (C=O) groups excluding carboxylic acids is 2. The highest BCUT2D eigenvalue weighted by Gasteiger charge is 2.34. The van der Waals surface area contributed by atoms with Gasteiger partial charge in [0.2, 0.25) is 0 Å². The molecule has 0 spiro atoms. The van der Waals surface area contributed by atoms with Crippen molar-refractivity contribution in [3.63, 3.8) is 0 Å². The highest BCUT2D eigenvalue weighted by molar-refractivity contribution is 6.32. The molecule has 2 amide bonds. The van der Waals surface area contributed by atoms with Gasteiger partial charge < -0.3 is 18.9 Å². The van der Waals surface area contributed by atoms with Crippen molar-refractivity contribution in [3.8, 4) is 22.6 Å². The topological polar surface area (TPSA) is 72.8 Å². The summed E-state index contributed by atoms with van der Waals surface area (Å²) in [5.74, 6) is 0.499. The average Bonchev–Trinajstić information content (AvgIpc) is 3.28. The van der Waals surface area contributed by atoms with Gasteiger partial charge >= 0.3 is 0 Å². The quantitative estimate of drug-likeness (QED) is 0.332. The Kier molecular flexibility index (Phi) is 5.49. The van der Waals surface area contributed by atoms with Gasteiger partial charge in [-0.15, -0.1) is 0 Å². The number of aryl methyl sites for hydroxylation is 1. The third-order valence-corrected chi connectivity index (χ3v) is 6.35. The molecule has 34 heavy (non-hydrogen) atoms. The fourth-order valence-electron chi connectivity index (χ4n) is 4.73. The lowest BCUT2D eigenvalue weighted by Crippen LogP contribution is -2.20. The van der Waals surface area contributed by atoms with E-state index in [9.17, 15) is 9.59 Å². The van der Waals surface area contributed by atoms with Crippen LogP contribution in [0, 0.1) is 0 Å². The van der Waals surface area contributed by atoms with E-state index in [1.54, 1.807) is 7.11 Å². The molecule has 0 bridgehead atoms. The number of nitrogens with one attached hydrogen (secondary N) is 1. The van der Waals surface area contributed by atoms with Gasteiger partial charge in [0.15, 0.2) is 11.5 Å². The number of nitrogens with zero attached hydrogens (tertiary/aromatic N) is 2. The summed E-state index contributed by atoms with van der Waals surface area (Å²) in [6, 6.07) is 15.5. The predicted molar refractivity (Wildman–Crippen MR) is 133 cm³/mol. The molecule has 7 nitrogen and oxygen atoms in total. The first-order chi connectivity index (χ1) is 16.4. The minimum atomic E-state index is -0.377. The lowest BCUT2D eigenvalue weighted by atomic mass is 9.93. The third kappa shape index (κ3) is 3.49. The van der Waals surface area contributed by atoms with Gasteiger partial charge in [0.25, 0.3) is 11.8 Å². The Hall–Kier alpha value is -3.84. The summed E-state index contributed by atoms with van der Waals surface area (Å²) in [5, 5.41) is 4.08. The highest BCUT2D eigenvalue weighted by atomic mass is 16.5. The third-order valence-electron chi connectivity index (χ3n) is 6.35. The van der Waals surface area contributed by atoms with Crippen molar-refractivity contribution in [2.24, 2.45) is 7.05 Å². The number of imide groups is 1. The van der Waals surface area contributed by atoms with E-state index in [1.165, 1.54) is 0 Å². The molecule has 1 aromatic heterocycles. The maximum absolute atomic E-state index is 13.0. The first kappa shape index (κ1) is 22.0. The average molecular weight is 458 g/mol. The van der Waals surface area contributed by atoms with Crippen molar-refractivity contribution < 1.29 is 19.1 Å². The molecule has 174 valence electrons. The Bertz CT molecular complexity index is 1440. The van der Waals surface area contributed by atoms with Crippen molar-refractivity contribution >= 4 is 33.6 Å². The minimum absolute atomic E-state index is 0.370. The molecule has 7 heteroatoms. The van der Waals surface area contributed by atoms with Gasteiger partial charge in [0, 0.05) is 30.4 Å². The van der Waals surface area contributed by atoms with Crippen LogP contribution in [-0.2, 0) is 7.05 Å². The standard InChI is InChI=1S/C27H27N3O4/c1-29(2)11-8-12-34-22-15-19-18(14-21(22)33-4)23-20(30(19)3)13-17(16-9-6-5-7-10-16)24-25(23)27(32)28-26(24)31/h5-7,9-10,13-15H,8,11-12H2,1-4H3,(H,28,31,32). The van der Waals surface area contributed by atoms with Gasteiger partial charge in [0.05, 0.1) is 35.9 Å². The number of ether oxygens (including phenoxy) is 2. The van der Waals surface area contributed by atoms with Crippen molar-refractivity contribution in [3.05, 3.63) is 59.7 Å². The summed E-state index contributed by atoms with van der Waals surface area (Å²) in [7, 11) is 7.63. The lowest BCUT2D eigenvalue weighted by molar-refractivity contribution is 0.0880. The summed E-state index contributed by atoms with van der Waals surface area (Å²) in [6.45, 7) is 1.49. The van der Waals surface area contributed by atoms with E-state index in [1.807, 2.05) is 74.2 Å². The van der Waals surface area contributed by atoms with Gasteiger partial charge in [0.1, 0.15) is 0 Å². The molecule has 0 unspecified atom stereocenters. The van der Waals surface area contributed by atoms with E-state index in [4.69, 9.17) is 9.47 Å². The van der Waals surface area contributed by atoms with Crippen LogP contribution in [0.15, 0.2) is 48.5 Å². The van der Waals surface area contributed by atoms with Crippen LogP contribution in [0.4, 0.5) is 0 Å². The fourth-order valence-corrected chi connectivity index (χ4v) is 4.73. The van der Waals surface area contributed by atoms with Crippen LogP contribution < -0.4 is 14.8 Å². The van der Waals surface area contributed by atoms with Crippen LogP contribution in [-0.4, -0.2) is 55.6 Å². The molecular formula is C27H27N3O4. The van der Waals surface area contributed by atoms with Crippen LogP contribution in [0.3, 0.4) is 0 Å². The second kappa shape index (κ2) is 8.50. The second-order valence-corrected chi connectivity index (χ2v) is 8.80. The zero-order valence-corrected chi connectivity index (χ0v) is 19.8. The Morgan fingerprint density at radius 1 is 0.941 bits per heavy atom. The summed E-state index contributed by atoms with van der Waals surface area (Å²) in [6.07, 6.45) is 0.888. The SMILES string of the molecule is COc1cc2c3c4c(c(-c5ccccc5)cc3n(C)c2cc1OCCCN(C)C)C(=O)NC4=O. The smallest absolute Gasteiger partial charge is 0.259 e. The molecule has 2 heterocycles. The molecule has 5 rings (SSSR count). The maximum Gasteiger partial charge on any atom is 0.259 e. The molecule has 0 radical (unpaired) electrons. The summed E-state index contributed by atoms with van der Waals surface area (Å²) < 4.78 is 13.7. The number of hydrogen-bond acceptors (Lipinski definition) is 5. The Labute approximate surface area is 197 Å². The number of hydrogen-bond donors (Lipinski definition) is 1. The summed E-state index contributed by atoms with van der Waals surface area (Å²) in [5.41, 5.74) is 4.22. The van der Waals surface area contributed by atoms with E-state index in [-0.39, 0.29) is 11.8 Å². The van der Waals surface area contributed by atoms with Gasteiger partial charge in [-0.1, -0.05) is 30.3 Å². The molecule has 0 saturated heterocycles.